The molecule has 0 aliphatic rings. The monoisotopic (exact) mass is 379 g/mol. The first-order valence-corrected chi connectivity index (χ1v) is 9.67. The predicted octanol–water partition coefficient (Wildman–Crippen LogP) is 4.20. The number of hydrogen-bond acceptors (Lipinski definition) is 6. The Balaban J connectivity index is 1.81. The molecule has 0 unspecified atom stereocenters. The molecule has 0 amide bonds. The molecule has 1 N–H and O–H groups in total. The van der Waals surface area contributed by atoms with Gasteiger partial charge in [0.25, 0.3) is 0 Å². The molecule has 138 valence electrons. The summed E-state index contributed by atoms with van der Waals surface area (Å²) in [7, 11) is 0. The van der Waals surface area contributed by atoms with E-state index in [4.69, 9.17) is 10.00 Å². The van der Waals surface area contributed by atoms with E-state index in [1.165, 1.54) is 17.3 Å². The minimum Gasteiger partial charge on any atom is -0.494 e. The molecule has 27 heavy (non-hydrogen) atoms. The summed E-state index contributed by atoms with van der Waals surface area (Å²) in [5.74, 6) is 1.96. The molecule has 1 heterocycles. The van der Waals surface area contributed by atoms with Gasteiger partial charge in [0.2, 0.25) is 0 Å². The minimum atomic E-state index is 0.330. The zero-order chi connectivity index (χ0) is 19.1. The molecule has 6 nitrogen and oxygen atoms in total. The van der Waals surface area contributed by atoms with Gasteiger partial charge in [-0.25, -0.2) is 0 Å². The number of ether oxygens (including phenoxy) is 1. The van der Waals surface area contributed by atoms with Crippen LogP contribution in [0.3, 0.4) is 0 Å². The fraction of sp³-hybridized carbons (Fsp3) is 0.250. The summed E-state index contributed by atoms with van der Waals surface area (Å²) in [5.41, 5.74) is 3.14. The second-order valence-corrected chi connectivity index (χ2v) is 6.77. The van der Waals surface area contributed by atoms with Crippen LogP contribution in [0.25, 0.3) is 5.69 Å². The largest absolute Gasteiger partial charge is 0.494 e. The maximum atomic E-state index is 8.89. The van der Waals surface area contributed by atoms with Crippen molar-refractivity contribution >= 4 is 17.4 Å². The number of benzene rings is 2. The van der Waals surface area contributed by atoms with Crippen molar-refractivity contribution in [1.29, 1.82) is 5.26 Å². The van der Waals surface area contributed by atoms with Gasteiger partial charge in [0.1, 0.15) is 5.75 Å². The Labute approximate surface area is 163 Å². The molecule has 0 atom stereocenters. The zero-order valence-electron chi connectivity index (χ0n) is 15.3. The molecule has 3 rings (SSSR count). The molecule has 7 heteroatoms. The molecule has 0 bridgehead atoms. The average molecular weight is 379 g/mol. The number of rotatable bonds is 8. The van der Waals surface area contributed by atoms with Crippen LogP contribution in [-0.4, -0.2) is 27.1 Å². The fourth-order valence-corrected chi connectivity index (χ4v) is 3.21. The molecule has 0 aliphatic heterocycles. The summed E-state index contributed by atoms with van der Waals surface area (Å²) in [6.45, 7) is 5.18. The van der Waals surface area contributed by atoms with Crippen molar-refractivity contribution in [2.75, 3.05) is 17.7 Å². The standard InChI is InChI=1S/C20H21N5OS/c1-3-26-18-10-6-16(7-11-18)22-14-19-23-24-20(27-13-12-21)25(19)17-8-4-15(2)5-9-17/h4-11,22H,3,13-14H2,1-2H3. The summed E-state index contributed by atoms with van der Waals surface area (Å²) >= 11 is 1.38. The summed E-state index contributed by atoms with van der Waals surface area (Å²) in [5, 5.41) is 21.6. The number of nitriles is 1. The van der Waals surface area contributed by atoms with Gasteiger partial charge in [0.15, 0.2) is 11.0 Å². The summed E-state index contributed by atoms with van der Waals surface area (Å²) in [6, 6.07) is 18.1. The van der Waals surface area contributed by atoms with Gasteiger partial charge in [-0.05, 0) is 50.2 Å². The van der Waals surface area contributed by atoms with Crippen molar-refractivity contribution in [3.05, 3.63) is 59.9 Å². The van der Waals surface area contributed by atoms with E-state index in [0.29, 0.717) is 24.1 Å². The van der Waals surface area contributed by atoms with Gasteiger partial charge in [0.05, 0.1) is 25.0 Å². The van der Waals surface area contributed by atoms with Crippen LogP contribution in [0.5, 0.6) is 5.75 Å². The minimum absolute atomic E-state index is 0.330. The lowest BCUT2D eigenvalue weighted by molar-refractivity contribution is 0.340. The molecule has 0 saturated heterocycles. The van der Waals surface area contributed by atoms with Gasteiger partial charge in [-0.2, -0.15) is 5.26 Å². The van der Waals surface area contributed by atoms with Crippen molar-refractivity contribution in [3.8, 4) is 17.5 Å². The molecule has 0 saturated carbocycles. The summed E-state index contributed by atoms with van der Waals surface area (Å²) < 4.78 is 7.46. The van der Waals surface area contributed by atoms with Crippen molar-refractivity contribution in [2.24, 2.45) is 0 Å². The molecule has 0 spiro atoms. The number of aryl methyl sites for hydroxylation is 1. The third kappa shape index (κ3) is 4.80. The van der Waals surface area contributed by atoms with Gasteiger partial charge < -0.3 is 10.1 Å². The van der Waals surface area contributed by atoms with E-state index in [1.54, 1.807) is 0 Å². The molecule has 0 aliphatic carbocycles. The average Bonchev–Trinajstić information content (AvgIpc) is 3.09. The second-order valence-electron chi connectivity index (χ2n) is 5.83. The molecule has 0 radical (unpaired) electrons. The van der Waals surface area contributed by atoms with Crippen LogP contribution < -0.4 is 10.1 Å². The predicted molar refractivity (Wildman–Crippen MR) is 107 cm³/mol. The highest BCUT2D eigenvalue weighted by Crippen LogP contribution is 2.23. The van der Waals surface area contributed by atoms with Gasteiger partial charge in [-0.3, -0.25) is 4.57 Å². The number of nitrogens with one attached hydrogen (secondary N) is 1. The molecule has 0 fully saturated rings. The lowest BCUT2D eigenvalue weighted by Gasteiger charge is -2.11. The Kier molecular flexibility index (Phi) is 6.34. The first kappa shape index (κ1) is 18.8. The topological polar surface area (TPSA) is 75.8 Å². The van der Waals surface area contributed by atoms with Crippen molar-refractivity contribution in [3.63, 3.8) is 0 Å². The number of aromatic nitrogens is 3. The van der Waals surface area contributed by atoms with Crippen LogP contribution in [0.4, 0.5) is 5.69 Å². The zero-order valence-corrected chi connectivity index (χ0v) is 16.2. The lowest BCUT2D eigenvalue weighted by Crippen LogP contribution is -2.08. The first-order valence-electron chi connectivity index (χ1n) is 8.69. The highest BCUT2D eigenvalue weighted by molar-refractivity contribution is 7.99. The van der Waals surface area contributed by atoms with Crippen molar-refractivity contribution in [1.82, 2.24) is 14.8 Å². The smallest absolute Gasteiger partial charge is 0.196 e. The number of nitrogens with zero attached hydrogens (tertiary/aromatic N) is 4. The molecule has 3 aromatic rings. The SMILES string of the molecule is CCOc1ccc(NCc2nnc(SCC#N)n2-c2ccc(C)cc2)cc1. The Hall–Kier alpha value is -2.98. The van der Waals surface area contributed by atoms with Gasteiger partial charge in [-0.15, -0.1) is 10.2 Å². The fourth-order valence-electron chi connectivity index (χ4n) is 2.58. The van der Waals surface area contributed by atoms with Crippen LogP contribution >= 0.6 is 11.8 Å². The second kappa shape index (κ2) is 9.10. The normalized spacial score (nSPS) is 10.4. The highest BCUT2D eigenvalue weighted by Gasteiger charge is 2.14. The van der Waals surface area contributed by atoms with Crippen LogP contribution in [0.2, 0.25) is 0 Å². The quantitative estimate of drug-likeness (QED) is 0.591. The Morgan fingerprint density at radius 1 is 1.11 bits per heavy atom. The Morgan fingerprint density at radius 2 is 1.85 bits per heavy atom. The van der Waals surface area contributed by atoms with E-state index >= 15 is 0 Å². The van der Waals surface area contributed by atoms with Crippen LogP contribution in [0.1, 0.15) is 18.3 Å². The van der Waals surface area contributed by atoms with Crippen LogP contribution in [0, 0.1) is 18.3 Å². The maximum Gasteiger partial charge on any atom is 0.196 e. The third-order valence-electron chi connectivity index (χ3n) is 3.87. The van der Waals surface area contributed by atoms with Crippen LogP contribution in [-0.2, 0) is 6.54 Å². The van der Waals surface area contributed by atoms with Gasteiger partial charge in [0, 0.05) is 11.4 Å². The molecule has 2 aromatic carbocycles. The third-order valence-corrected chi connectivity index (χ3v) is 4.67. The van der Waals surface area contributed by atoms with Crippen molar-refractivity contribution in [2.45, 2.75) is 25.5 Å². The number of anilines is 1. The molecular formula is C20H21N5OS. The number of thioether (sulfide) groups is 1. The van der Waals surface area contributed by atoms with E-state index in [9.17, 15) is 0 Å². The van der Waals surface area contributed by atoms with E-state index in [2.05, 4.69) is 40.6 Å². The van der Waals surface area contributed by atoms with E-state index < -0.39 is 0 Å². The van der Waals surface area contributed by atoms with E-state index in [0.717, 1.165) is 22.9 Å². The van der Waals surface area contributed by atoms with Gasteiger partial charge in [-0.1, -0.05) is 29.5 Å². The Morgan fingerprint density at radius 3 is 2.52 bits per heavy atom. The first-order chi connectivity index (χ1) is 13.2. The maximum absolute atomic E-state index is 8.89. The number of hydrogen-bond donors (Lipinski definition) is 1. The summed E-state index contributed by atoms with van der Waals surface area (Å²) in [6.07, 6.45) is 0. The molecular weight excluding hydrogens is 358 g/mol. The Bertz CT molecular complexity index is 913. The molecule has 1 aromatic heterocycles. The van der Waals surface area contributed by atoms with E-state index in [1.807, 2.05) is 47.9 Å². The highest BCUT2D eigenvalue weighted by atomic mass is 32.2. The van der Waals surface area contributed by atoms with E-state index in [-0.39, 0.29) is 0 Å². The van der Waals surface area contributed by atoms with Crippen molar-refractivity contribution < 1.29 is 4.74 Å². The summed E-state index contributed by atoms with van der Waals surface area (Å²) in [4.78, 5) is 0. The lowest BCUT2D eigenvalue weighted by atomic mass is 10.2. The van der Waals surface area contributed by atoms with Crippen LogP contribution in [0.15, 0.2) is 53.7 Å². The van der Waals surface area contributed by atoms with Gasteiger partial charge >= 0.3 is 0 Å².